The summed E-state index contributed by atoms with van der Waals surface area (Å²) in [4.78, 5) is 4.39. The van der Waals surface area contributed by atoms with E-state index in [9.17, 15) is 5.11 Å². The van der Waals surface area contributed by atoms with Crippen LogP contribution < -0.4 is 0 Å². The summed E-state index contributed by atoms with van der Waals surface area (Å²) in [6.07, 6.45) is 1.50. The largest absolute Gasteiger partial charge is 0.507 e. The van der Waals surface area contributed by atoms with Crippen molar-refractivity contribution in [2.45, 2.75) is 39.2 Å². The first kappa shape index (κ1) is 14.5. The monoisotopic (exact) mass is 276 g/mol. The van der Waals surface area contributed by atoms with Crippen LogP contribution in [0.2, 0.25) is 0 Å². The third-order valence-electron chi connectivity index (χ3n) is 3.75. The van der Waals surface area contributed by atoms with E-state index in [1.54, 1.807) is 19.2 Å². The van der Waals surface area contributed by atoms with E-state index in [0.717, 1.165) is 18.4 Å². The number of aromatic hydroxyl groups is 1. The molecule has 0 spiro atoms. The Labute approximate surface area is 118 Å². The fourth-order valence-corrected chi connectivity index (χ4v) is 2.29. The van der Waals surface area contributed by atoms with E-state index >= 15 is 0 Å². The van der Waals surface area contributed by atoms with Crippen LogP contribution in [0.25, 0.3) is 11.5 Å². The fourth-order valence-electron chi connectivity index (χ4n) is 2.29. The zero-order chi connectivity index (χ0) is 14.8. The van der Waals surface area contributed by atoms with Crippen molar-refractivity contribution in [2.75, 3.05) is 7.11 Å². The smallest absolute Gasteiger partial charge is 0.261 e. The number of aromatic nitrogens is 2. The molecule has 0 amide bonds. The van der Waals surface area contributed by atoms with E-state index in [0.29, 0.717) is 17.3 Å². The van der Waals surface area contributed by atoms with Gasteiger partial charge in [-0.05, 0) is 37.5 Å². The molecule has 0 aliphatic heterocycles. The van der Waals surface area contributed by atoms with Gasteiger partial charge in [-0.25, -0.2) is 0 Å². The normalized spacial score (nSPS) is 11.8. The average Bonchev–Trinajstić information content (AvgIpc) is 2.91. The minimum Gasteiger partial charge on any atom is -0.507 e. The maximum Gasteiger partial charge on any atom is 0.261 e. The topological polar surface area (TPSA) is 68.4 Å². The van der Waals surface area contributed by atoms with E-state index < -0.39 is 5.60 Å². The van der Waals surface area contributed by atoms with Gasteiger partial charge >= 0.3 is 0 Å². The number of methoxy groups -OCH3 is 1. The molecule has 0 saturated carbocycles. The molecule has 0 aliphatic carbocycles. The molecule has 0 unspecified atom stereocenters. The molecule has 0 aliphatic rings. The van der Waals surface area contributed by atoms with Crippen molar-refractivity contribution < 1.29 is 14.4 Å². The first-order valence-corrected chi connectivity index (χ1v) is 6.75. The number of hydrogen-bond donors (Lipinski definition) is 1. The van der Waals surface area contributed by atoms with Gasteiger partial charge in [0.05, 0.1) is 5.56 Å². The zero-order valence-corrected chi connectivity index (χ0v) is 12.3. The lowest BCUT2D eigenvalue weighted by atomic mass is 9.96. The Bertz CT molecular complexity index is 580. The summed E-state index contributed by atoms with van der Waals surface area (Å²) in [6, 6.07) is 5.33. The third-order valence-corrected chi connectivity index (χ3v) is 3.75. The Morgan fingerprint density at radius 1 is 1.30 bits per heavy atom. The maximum absolute atomic E-state index is 9.97. The van der Waals surface area contributed by atoms with E-state index in [4.69, 9.17) is 9.26 Å². The van der Waals surface area contributed by atoms with Crippen molar-refractivity contribution in [3.05, 3.63) is 29.6 Å². The SMILES string of the molecule is CCC(CC)(OC)c1noc(-c2ccc(C)cc2O)n1. The lowest BCUT2D eigenvalue weighted by molar-refractivity contribution is -0.0306. The predicted molar refractivity (Wildman–Crippen MR) is 75.4 cm³/mol. The van der Waals surface area contributed by atoms with Crippen LogP contribution in [0.4, 0.5) is 0 Å². The van der Waals surface area contributed by atoms with Gasteiger partial charge in [-0.1, -0.05) is 25.1 Å². The summed E-state index contributed by atoms with van der Waals surface area (Å²) in [5.74, 6) is 0.956. The van der Waals surface area contributed by atoms with Crippen LogP contribution in [0.5, 0.6) is 5.75 Å². The van der Waals surface area contributed by atoms with Gasteiger partial charge in [0.2, 0.25) is 5.82 Å². The molecule has 1 heterocycles. The number of phenolic OH excluding ortho intramolecular Hbond substituents is 1. The van der Waals surface area contributed by atoms with Crippen molar-refractivity contribution in [3.63, 3.8) is 0 Å². The van der Waals surface area contributed by atoms with Gasteiger partial charge in [-0.2, -0.15) is 4.98 Å². The van der Waals surface area contributed by atoms with Gasteiger partial charge in [0.15, 0.2) is 0 Å². The van der Waals surface area contributed by atoms with Crippen molar-refractivity contribution >= 4 is 0 Å². The van der Waals surface area contributed by atoms with Gasteiger partial charge in [0.25, 0.3) is 5.89 Å². The number of benzene rings is 1. The Morgan fingerprint density at radius 2 is 2.00 bits per heavy atom. The molecule has 108 valence electrons. The first-order valence-electron chi connectivity index (χ1n) is 6.75. The number of phenols is 1. The molecule has 0 bridgehead atoms. The Morgan fingerprint density at radius 3 is 2.55 bits per heavy atom. The van der Waals surface area contributed by atoms with Gasteiger partial charge in [0, 0.05) is 7.11 Å². The molecule has 2 aromatic rings. The minimum atomic E-state index is -0.540. The maximum atomic E-state index is 9.97. The van der Waals surface area contributed by atoms with Crippen LogP contribution in [0.1, 0.15) is 38.1 Å². The summed E-state index contributed by atoms with van der Waals surface area (Å²) in [5, 5.41) is 14.0. The van der Waals surface area contributed by atoms with Crippen molar-refractivity contribution in [2.24, 2.45) is 0 Å². The van der Waals surface area contributed by atoms with Crippen molar-refractivity contribution in [1.82, 2.24) is 10.1 Å². The molecule has 1 aromatic heterocycles. The molecule has 5 nitrogen and oxygen atoms in total. The van der Waals surface area contributed by atoms with Crippen LogP contribution in [-0.2, 0) is 10.3 Å². The number of rotatable bonds is 5. The zero-order valence-electron chi connectivity index (χ0n) is 12.3. The first-order chi connectivity index (χ1) is 9.56. The molecule has 0 radical (unpaired) electrons. The van der Waals surface area contributed by atoms with Crippen LogP contribution in [0.15, 0.2) is 22.7 Å². The molecular formula is C15H20N2O3. The molecule has 5 heteroatoms. The number of hydrogen-bond acceptors (Lipinski definition) is 5. The Balaban J connectivity index is 2.42. The molecule has 0 saturated heterocycles. The fraction of sp³-hybridized carbons (Fsp3) is 0.467. The number of nitrogens with zero attached hydrogens (tertiary/aromatic N) is 2. The number of aryl methyl sites for hydroxylation is 1. The third kappa shape index (κ3) is 2.41. The highest BCUT2D eigenvalue weighted by atomic mass is 16.5. The summed E-state index contributed by atoms with van der Waals surface area (Å²) < 4.78 is 10.9. The van der Waals surface area contributed by atoms with Gasteiger partial charge in [0.1, 0.15) is 11.4 Å². The number of ether oxygens (including phenoxy) is 1. The van der Waals surface area contributed by atoms with Gasteiger partial charge in [-0.3, -0.25) is 0 Å². The highest BCUT2D eigenvalue weighted by molar-refractivity contribution is 5.62. The highest BCUT2D eigenvalue weighted by Gasteiger charge is 2.34. The molecular weight excluding hydrogens is 256 g/mol. The quantitative estimate of drug-likeness (QED) is 0.906. The summed E-state index contributed by atoms with van der Waals surface area (Å²) in [5.41, 5.74) is 0.966. The highest BCUT2D eigenvalue weighted by Crippen LogP contribution is 2.34. The molecule has 0 atom stereocenters. The average molecular weight is 276 g/mol. The Kier molecular flexibility index (Phi) is 4.09. The second-order valence-corrected chi connectivity index (χ2v) is 4.85. The molecule has 2 rings (SSSR count). The lowest BCUT2D eigenvalue weighted by Gasteiger charge is -2.25. The summed E-state index contributed by atoms with van der Waals surface area (Å²) in [6.45, 7) is 5.95. The van der Waals surface area contributed by atoms with Crippen molar-refractivity contribution in [3.8, 4) is 17.2 Å². The second kappa shape index (κ2) is 5.63. The van der Waals surface area contributed by atoms with E-state index in [-0.39, 0.29) is 5.75 Å². The Hall–Kier alpha value is -1.88. The summed E-state index contributed by atoms with van der Waals surface area (Å²) in [7, 11) is 1.65. The van der Waals surface area contributed by atoms with E-state index in [2.05, 4.69) is 10.1 Å². The lowest BCUT2D eigenvalue weighted by Crippen LogP contribution is -2.28. The minimum absolute atomic E-state index is 0.135. The van der Waals surface area contributed by atoms with E-state index in [1.165, 1.54) is 0 Å². The van der Waals surface area contributed by atoms with Gasteiger partial charge in [-0.15, -0.1) is 0 Å². The van der Waals surface area contributed by atoms with Crippen LogP contribution in [0, 0.1) is 6.92 Å². The predicted octanol–water partition coefficient (Wildman–Crippen LogP) is 3.41. The summed E-state index contributed by atoms with van der Waals surface area (Å²) >= 11 is 0. The van der Waals surface area contributed by atoms with Gasteiger partial charge < -0.3 is 14.4 Å². The van der Waals surface area contributed by atoms with E-state index in [1.807, 2.05) is 26.8 Å². The van der Waals surface area contributed by atoms with Crippen molar-refractivity contribution in [1.29, 1.82) is 0 Å². The molecule has 1 N–H and O–H groups in total. The molecule has 0 fully saturated rings. The van der Waals surface area contributed by atoms with Crippen LogP contribution in [0.3, 0.4) is 0 Å². The van der Waals surface area contributed by atoms with Crippen LogP contribution in [-0.4, -0.2) is 22.4 Å². The standard InChI is InChI=1S/C15H20N2O3/c1-5-15(6-2,19-4)14-16-13(20-17-14)11-8-7-10(3)9-12(11)18/h7-9,18H,5-6H2,1-4H3. The molecule has 1 aromatic carbocycles. The second-order valence-electron chi connectivity index (χ2n) is 4.85. The molecule has 20 heavy (non-hydrogen) atoms. The van der Waals surface area contributed by atoms with Crippen LogP contribution >= 0.6 is 0 Å².